The van der Waals surface area contributed by atoms with E-state index in [2.05, 4.69) is 14.2 Å². The van der Waals surface area contributed by atoms with Gasteiger partial charge in [0.15, 0.2) is 0 Å². The molecule has 8 heteroatoms. The van der Waals surface area contributed by atoms with Crippen LogP contribution in [0.25, 0.3) is 0 Å². The van der Waals surface area contributed by atoms with Crippen LogP contribution in [0.3, 0.4) is 0 Å². The topological polar surface area (TPSA) is 98.8 Å². The average molecular weight is 315 g/mol. The van der Waals surface area contributed by atoms with Gasteiger partial charge in [-0.1, -0.05) is 12.1 Å². The number of nitrogens with one attached hydrogen (secondary N) is 1. The first-order valence-electron chi connectivity index (χ1n) is 5.95. The molecule has 0 atom stereocenters. The van der Waals surface area contributed by atoms with Gasteiger partial charge in [0.05, 0.1) is 24.7 Å². The summed E-state index contributed by atoms with van der Waals surface area (Å²) in [7, 11) is -1.81. The Kier molecular flexibility index (Phi) is 5.08. The van der Waals surface area contributed by atoms with E-state index in [4.69, 9.17) is 0 Å². The summed E-state index contributed by atoms with van der Waals surface area (Å²) >= 11 is 0. The van der Waals surface area contributed by atoms with Crippen molar-refractivity contribution in [1.82, 2.24) is 4.72 Å². The van der Waals surface area contributed by atoms with Crippen LogP contribution in [0.2, 0.25) is 0 Å². The lowest BCUT2D eigenvalue weighted by Gasteiger charge is -2.23. The first-order chi connectivity index (χ1) is 9.65. The van der Waals surface area contributed by atoms with E-state index in [0.29, 0.717) is 0 Å². The predicted octanol–water partition coefficient (Wildman–Crippen LogP) is 0.703. The quantitative estimate of drug-likeness (QED) is 0.803. The maximum atomic E-state index is 12.4. The van der Waals surface area contributed by atoms with Gasteiger partial charge < -0.3 is 9.47 Å². The lowest BCUT2D eigenvalue weighted by molar-refractivity contribution is -0.146. The third-order valence-electron chi connectivity index (χ3n) is 2.67. The van der Waals surface area contributed by atoms with E-state index in [-0.39, 0.29) is 10.5 Å². The van der Waals surface area contributed by atoms with Crippen molar-refractivity contribution in [3.05, 3.63) is 29.8 Å². The van der Waals surface area contributed by atoms with E-state index in [9.17, 15) is 18.0 Å². The Morgan fingerprint density at radius 2 is 1.67 bits per heavy atom. The molecule has 21 heavy (non-hydrogen) atoms. The molecule has 0 saturated heterocycles. The number of ether oxygens (including phenoxy) is 2. The van der Waals surface area contributed by atoms with Gasteiger partial charge in [0.1, 0.15) is 5.54 Å². The summed E-state index contributed by atoms with van der Waals surface area (Å²) < 4.78 is 36.1. The zero-order chi connectivity index (χ0) is 16.3. The minimum atomic E-state index is -4.11. The monoisotopic (exact) mass is 315 g/mol. The second-order valence-corrected chi connectivity index (χ2v) is 6.36. The number of hydrogen-bond donors (Lipinski definition) is 1. The summed E-state index contributed by atoms with van der Waals surface area (Å²) in [4.78, 5) is 22.9. The highest BCUT2D eigenvalue weighted by atomic mass is 32.2. The Balaban J connectivity index is 3.27. The van der Waals surface area contributed by atoms with Crippen molar-refractivity contribution in [3.63, 3.8) is 0 Å². The number of sulfonamides is 1. The van der Waals surface area contributed by atoms with Gasteiger partial charge in [0.2, 0.25) is 10.0 Å². The largest absolute Gasteiger partial charge is 0.468 e. The fourth-order valence-corrected chi connectivity index (χ4v) is 3.23. The Bertz CT molecular complexity index is 650. The number of hydrogen-bond acceptors (Lipinski definition) is 6. The van der Waals surface area contributed by atoms with Gasteiger partial charge >= 0.3 is 11.9 Å². The average Bonchev–Trinajstić information content (AvgIpc) is 2.44. The third kappa shape index (κ3) is 3.79. The molecule has 0 aromatic heterocycles. The molecule has 1 aromatic rings. The highest BCUT2D eigenvalue weighted by Crippen LogP contribution is 2.19. The molecule has 1 aromatic carbocycles. The van der Waals surface area contributed by atoms with E-state index < -0.39 is 27.5 Å². The Hall–Kier alpha value is -1.93. The van der Waals surface area contributed by atoms with E-state index >= 15 is 0 Å². The summed E-state index contributed by atoms with van der Waals surface area (Å²) in [6.45, 7) is 2.72. The summed E-state index contributed by atoms with van der Waals surface area (Å²) in [5.41, 5.74) is -1.59. The van der Waals surface area contributed by atoms with Crippen LogP contribution in [-0.4, -0.2) is 40.1 Å². The summed E-state index contributed by atoms with van der Waals surface area (Å²) in [5, 5.41) is 0. The molecule has 116 valence electrons. The van der Waals surface area contributed by atoms with Crippen molar-refractivity contribution in [2.45, 2.75) is 24.3 Å². The molecular weight excluding hydrogens is 298 g/mol. The zero-order valence-corrected chi connectivity index (χ0v) is 13.0. The minimum absolute atomic E-state index is 0.117. The normalized spacial score (nSPS) is 11.8. The highest BCUT2D eigenvalue weighted by Gasteiger charge is 2.35. The van der Waals surface area contributed by atoms with Gasteiger partial charge in [-0.15, -0.1) is 0 Å². The first-order valence-corrected chi connectivity index (χ1v) is 7.44. The van der Waals surface area contributed by atoms with E-state index in [1.165, 1.54) is 38.1 Å². The molecule has 0 fully saturated rings. The molecule has 0 aliphatic heterocycles. The van der Waals surface area contributed by atoms with Crippen LogP contribution in [0.15, 0.2) is 29.2 Å². The Labute approximate surface area is 123 Å². The fraction of sp³-hybridized carbons (Fsp3) is 0.385. The number of benzene rings is 1. The molecule has 0 bridgehead atoms. The number of carbonyl (C=O) groups excluding carboxylic acids is 2. The van der Waals surface area contributed by atoms with E-state index in [1.807, 2.05) is 0 Å². The third-order valence-corrected chi connectivity index (χ3v) is 4.38. The first kappa shape index (κ1) is 17.1. The van der Waals surface area contributed by atoms with Crippen LogP contribution in [0, 0.1) is 0 Å². The van der Waals surface area contributed by atoms with Gasteiger partial charge in [-0.2, -0.15) is 4.72 Å². The molecule has 0 radical (unpaired) electrons. The van der Waals surface area contributed by atoms with Crippen molar-refractivity contribution in [2.75, 3.05) is 14.2 Å². The van der Waals surface area contributed by atoms with Gasteiger partial charge in [0, 0.05) is 0 Å². The van der Waals surface area contributed by atoms with Crippen molar-refractivity contribution >= 4 is 22.0 Å². The van der Waals surface area contributed by atoms with Gasteiger partial charge in [-0.05, 0) is 26.0 Å². The Morgan fingerprint density at radius 1 is 1.10 bits per heavy atom. The number of rotatable bonds is 5. The standard InChI is InChI=1S/C13H17NO6S/c1-13(2,12(16)20-4)14-21(17,18)10-8-6-5-7-9(10)11(15)19-3/h5-8,14H,1-4H3. The Morgan fingerprint density at radius 3 is 2.19 bits per heavy atom. The highest BCUT2D eigenvalue weighted by molar-refractivity contribution is 7.89. The van der Waals surface area contributed by atoms with Crippen LogP contribution >= 0.6 is 0 Å². The smallest absolute Gasteiger partial charge is 0.339 e. The summed E-state index contributed by atoms with van der Waals surface area (Å²) in [6.07, 6.45) is 0. The fourth-order valence-electron chi connectivity index (χ4n) is 1.67. The molecule has 7 nitrogen and oxygen atoms in total. The lowest BCUT2D eigenvalue weighted by atomic mass is 10.1. The molecule has 0 unspecified atom stereocenters. The van der Waals surface area contributed by atoms with E-state index in [1.54, 1.807) is 0 Å². The second-order valence-electron chi connectivity index (χ2n) is 4.71. The number of esters is 2. The molecule has 0 aliphatic carbocycles. The second kappa shape index (κ2) is 6.23. The lowest BCUT2D eigenvalue weighted by Crippen LogP contribution is -2.50. The van der Waals surface area contributed by atoms with E-state index in [0.717, 1.165) is 14.2 Å². The maximum Gasteiger partial charge on any atom is 0.339 e. The van der Waals surface area contributed by atoms with Crippen LogP contribution in [-0.2, 0) is 24.3 Å². The molecule has 1 N–H and O–H groups in total. The van der Waals surface area contributed by atoms with Gasteiger partial charge in [-0.3, -0.25) is 4.79 Å². The molecule has 0 saturated carbocycles. The molecule has 0 aliphatic rings. The summed E-state index contributed by atoms with van der Waals surface area (Å²) in [5.74, 6) is -1.53. The SMILES string of the molecule is COC(=O)c1ccccc1S(=O)(=O)NC(C)(C)C(=O)OC. The van der Waals surface area contributed by atoms with Crippen LogP contribution < -0.4 is 4.72 Å². The van der Waals surface area contributed by atoms with Crippen molar-refractivity contribution < 1.29 is 27.5 Å². The van der Waals surface area contributed by atoms with Crippen LogP contribution in [0.4, 0.5) is 0 Å². The summed E-state index contributed by atoms with van der Waals surface area (Å²) in [6, 6.07) is 5.55. The van der Waals surface area contributed by atoms with Gasteiger partial charge in [-0.25, -0.2) is 13.2 Å². The zero-order valence-electron chi connectivity index (χ0n) is 12.2. The van der Waals surface area contributed by atoms with Crippen molar-refractivity contribution in [1.29, 1.82) is 0 Å². The van der Waals surface area contributed by atoms with Crippen LogP contribution in [0.1, 0.15) is 24.2 Å². The van der Waals surface area contributed by atoms with Crippen LogP contribution in [0.5, 0.6) is 0 Å². The number of methoxy groups -OCH3 is 2. The van der Waals surface area contributed by atoms with Crippen molar-refractivity contribution in [2.24, 2.45) is 0 Å². The molecule has 1 rings (SSSR count). The van der Waals surface area contributed by atoms with Gasteiger partial charge in [0.25, 0.3) is 0 Å². The number of carbonyl (C=O) groups is 2. The van der Waals surface area contributed by atoms with Crippen molar-refractivity contribution in [3.8, 4) is 0 Å². The predicted molar refractivity (Wildman–Crippen MR) is 74.2 cm³/mol. The maximum absolute atomic E-state index is 12.4. The molecule has 0 heterocycles. The molecular formula is C13H17NO6S. The minimum Gasteiger partial charge on any atom is -0.468 e. The molecule has 0 amide bonds. The molecule has 0 spiro atoms.